The predicted molar refractivity (Wildman–Crippen MR) is 63.5 cm³/mol. The number of hydrogen-bond donors (Lipinski definition) is 2. The first-order chi connectivity index (χ1) is 7.74. The summed E-state index contributed by atoms with van der Waals surface area (Å²) in [6.45, 7) is 5.99. The largest absolute Gasteiger partial charge is 0.479 e. The second kappa shape index (κ2) is 5.00. The van der Waals surface area contributed by atoms with E-state index in [1.807, 2.05) is 20.8 Å². The van der Waals surface area contributed by atoms with Gasteiger partial charge in [0.25, 0.3) is 0 Å². The van der Waals surface area contributed by atoms with Gasteiger partial charge in [0, 0.05) is 12.8 Å². The maximum absolute atomic E-state index is 11.5. The molecule has 0 radical (unpaired) electrons. The number of carbonyl (C=O) groups excluding carboxylic acids is 1. The van der Waals surface area contributed by atoms with Crippen molar-refractivity contribution in [1.29, 1.82) is 0 Å². The minimum absolute atomic E-state index is 0.120. The standard InChI is InChI=1S/C13H20O4/c1-8-6-9(14)7-13(2,3)10(8)4-5-11(15)12(16)17/h4-5,8,10-11,15H,6-7H2,1-3H3,(H,16,17)/b5-4+/t8-,10?,11-/m1/s1. The van der Waals surface area contributed by atoms with E-state index in [-0.39, 0.29) is 23.0 Å². The monoisotopic (exact) mass is 240 g/mol. The van der Waals surface area contributed by atoms with E-state index in [2.05, 4.69) is 0 Å². The summed E-state index contributed by atoms with van der Waals surface area (Å²) in [4.78, 5) is 22.0. The number of ketones is 1. The molecule has 4 nitrogen and oxygen atoms in total. The van der Waals surface area contributed by atoms with Crippen molar-refractivity contribution in [2.45, 2.75) is 39.7 Å². The van der Waals surface area contributed by atoms with Gasteiger partial charge in [-0.1, -0.05) is 26.8 Å². The van der Waals surface area contributed by atoms with Crippen molar-refractivity contribution in [2.24, 2.45) is 17.3 Å². The van der Waals surface area contributed by atoms with Gasteiger partial charge in [-0.2, -0.15) is 0 Å². The Balaban J connectivity index is 2.81. The van der Waals surface area contributed by atoms with Gasteiger partial charge in [-0.05, 0) is 23.3 Å². The Labute approximate surface area is 101 Å². The Morgan fingerprint density at radius 1 is 1.53 bits per heavy atom. The van der Waals surface area contributed by atoms with Gasteiger partial charge < -0.3 is 10.2 Å². The Morgan fingerprint density at radius 2 is 2.12 bits per heavy atom. The smallest absolute Gasteiger partial charge is 0.336 e. The van der Waals surface area contributed by atoms with Gasteiger partial charge in [0.15, 0.2) is 6.10 Å². The van der Waals surface area contributed by atoms with Gasteiger partial charge in [0.2, 0.25) is 0 Å². The summed E-state index contributed by atoms with van der Waals surface area (Å²) in [7, 11) is 0. The van der Waals surface area contributed by atoms with E-state index < -0.39 is 12.1 Å². The van der Waals surface area contributed by atoms with Gasteiger partial charge >= 0.3 is 5.97 Å². The van der Waals surface area contributed by atoms with Crippen molar-refractivity contribution in [3.63, 3.8) is 0 Å². The van der Waals surface area contributed by atoms with Crippen LogP contribution in [0.1, 0.15) is 33.6 Å². The molecule has 4 heteroatoms. The van der Waals surface area contributed by atoms with Crippen LogP contribution in [0, 0.1) is 17.3 Å². The van der Waals surface area contributed by atoms with Crippen LogP contribution >= 0.6 is 0 Å². The highest BCUT2D eigenvalue weighted by Crippen LogP contribution is 2.43. The molecule has 0 saturated heterocycles. The number of hydrogen-bond acceptors (Lipinski definition) is 3. The molecule has 0 heterocycles. The van der Waals surface area contributed by atoms with Crippen LogP contribution in [0.2, 0.25) is 0 Å². The second-order valence-corrected chi connectivity index (χ2v) is 5.58. The number of carboxylic acids is 1. The molecule has 0 spiro atoms. The molecule has 0 aliphatic heterocycles. The first-order valence-electron chi connectivity index (χ1n) is 5.85. The molecule has 17 heavy (non-hydrogen) atoms. The summed E-state index contributed by atoms with van der Waals surface area (Å²) in [5.74, 6) is -0.692. The van der Waals surface area contributed by atoms with E-state index in [1.54, 1.807) is 6.08 Å². The van der Waals surface area contributed by atoms with Gasteiger partial charge in [-0.15, -0.1) is 0 Å². The Morgan fingerprint density at radius 3 is 2.59 bits per heavy atom. The third-order valence-electron chi connectivity index (χ3n) is 3.47. The van der Waals surface area contributed by atoms with Crippen molar-refractivity contribution in [2.75, 3.05) is 0 Å². The van der Waals surface area contributed by atoms with E-state index in [0.717, 1.165) is 0 Å². The molecular formula is C13H20O4. The predicted octanol–water partition coefficient (Wildman–Crippen LogP) is 1.63. The number of Topliss-reactive ketones (excluding diaryl/α,β-unsaturated/α-hetero) is 1. The SMILES string of the molecule is C[C@@H]1CC(=O)CC(C)(C)C1/C=C/[C@@H](O)C(=O)O. The highest BCUT2D eigenvalue weighted by atomic mass is 16.4. The van der Waals surface area contributed by atoms with Crippen LogP contribution < -0.4 is 0 Å². The van der Waals surface area contributed by atoms with Gasteiger partial charge in [0.05, 0.1) is 0 Å². The lowest BCUT2D eigenvalue weighted by atomic mass is 9.63. The maximum Gasteiger partial charge on any atom is 0.336 e. The fraction of sp³-hybridized carbons (Fsp3) is 0.692. The number of aliphatic hydroxyl groups excluding tert-OH is 1. The first-order valence-corrected chi connectivity index (χ1v) is 5.85. The van der Waals surface area contributed by atoms with Crippen molar-refractivity contribution < 1.29 is 19.8 Å². The zero-order valence-electron chi connectivity index (χ0n) is 10.5. The highest BCUT2D eigenvalue weighted by molar-refractivity contribution is 5.80. The highest BCUT2D eigenvalue weighted by Gasteiger charge is 2.38. The molecule has 96 valence electrons. The van der Waals surface area contributed by atoms with Crippen LogP contribution in [0.5, 0.6) is 0 Å². The molecule has 1 rings (SSSR count). The molecule has 3 atom stereocenters. The van der Waals surface area contributed by atoms with Crippen molar-refractivity contribution >= 4 is 11.8 Å². The van der Waals surface area contributed by atoms with Crippen LogP contribution in [0.25, 0.3) is 0 Å². The van der Waals surface area contributed by atoms with Crippen LogP contribution in [-0.2, 0) is 9.59 Å². The van der Waals surface area contributed by atoms with Crippen LogP contribution in [-0.4, -0.2) is 28.1 Å². The lowest BCUT2D eigenvalue weighted by molar-refractivity contribution is -0.144. The van der Waals surface area contributed by atoms with Gasteiger partial charge in [0.1, 0.15) is 5.78 Å². The number of carbonyl (C=O) groups is 2. The molecule has 1 unspecified atom stereocenters. The molecule has 1 aliphatic rings. The van der Waals surface area contributed by atoms with Gasteiger partial charge in [-0.25, -0.2) is 4.79 Å². The second-order valence-electron chi connectivity index (χ2n) is 5.58. The number of carboxylic acid groups (broad SMARTS) is 1. The minimum Gasteiger partial charge on any atom is -0.479 e. The number of rotatable bonds is 3. The fourth-order valence-corrected chi connectivity index (χ4v) is 2.71. The Kier molecular flexibility index (Phi) is 4.09. The van der Waals surface area contributed by atoms with Crippen molar-refractivity contribution in [3.8, 4) is 0 Å². The average molecular weight is 240 g/mol. The number of aliphatic hydroxyl groups is 1. The van der Waals surface area contributed by atoms with E-state index in [9.17, 15) is 14.7 Å². The van der Waals surface area contributed by atoms with E-state index >= 15 is 0 Å². The fourth-order valence-electron chi connectivity index (χ4n) is 2.71. The summed E-state index contributed by atoms with van der Waals surface area (Å²) in [6, 6.07) is 0. The molecule has 0 bridgehead atoms. The maximum atomic E-state index is 11.5. The van der Waals surface area contributed by atoms with Crippen molar-refractivity contribution in [1.82, 2.24) is 0 Å². The molecule has 2 N–H and O–H groups in total. The average Bonchev–Trinajstić information content (AvgIpc) is 2.13. The summed E-state index contributed by atoms with van der Waals surface area (Å²) in [5, 5.41) is 17.8. The zero-order chi connectivity index (χ0) is 13.2. The Hall–Kier alpha value is -1.16. The summed E-state index contributed by atoms with van der Waals surface area (Å²) < 4.78 is 0. The lowest BCUT2D eigenvalue weighted by Crippen LogP contribution is -2.37. The summed E-state index contributed by atoms with van der Waals surface area (Å²) >= 11 is 0. The van der Waals surface area contributed by atoms with Crippen LogP contribution in [0.3, 0.4) is 0 Å². The van der Waals surface area contributed by atoms with Crippen LogP contribution in [0.15, 0.2) is 12.2 Å². The van der Waals surface area contributed by atoms with E-state index in [0.29, 0.717) is 12.8 Å². The summed E-state index contributed by atoms with van der Waals surface area (Å²) in [5.41, 5.74) is -0.177. The third-order valence-corrected chi connectivity index (χ3v) is 3.47. The quantitative estimate of drug-likeness (QED) is 0.735. The molecular weight excluding hydrogens is 220 g/mol. The molecule has 0 amide bonds. The van der Waals surface area contributed by atoms with E-state index in [4.69, 9.17) is 5.11 Å². The molecule has 0 aromatic rings. The Bertz CT molecular complexity index is 343. The first kappa shape index (κ1) is 13.9. The van der Waals surface area contributed by atoms with Crippen molar-refractivity contribution in [3.05, 3.63) is 12.2 Å². The van der Waals surface area contributed by atoms with Crippen LogP contribution in [0.4, 0.5) is 0 Å². The van der Waals surface area contributed by atoms with Gasteiger partial charge in [-0.3, -0.25) is 4.79 Å². The zero-order valence-corrected chi connectivity index (χ0v) is 10.5. The molecule has 1 aliphatic carbocycles. The number of allylic oxidation sites excluding steroid dienone is 1. The lowest BCUT2D eigenvalue weighted by Gasteiger charge is -2.40. The minimum atomic E-state index is -1.46. The normalized spacial score (nSPS) is 30.5. The summed E-state index contributed by atoms with van der Waals surface area (Å²) in [6.07, 6.45) is 2.63. The molecule has 1 saturated carbocycles. The number of aliphatic carboxylic acids is 1. The topological polar surface area (TPSA) is 74.6 Å². The molecule has 0 aromatic heterocycles. The third kappa shape index (κ3) is 3.40. The van der Waals surface area contributed by atoms with E-state index in [1.165, 1.54) is 6.08 Å². The molecule has 0 aromatic carbocycles. The molecule has 1 fully saturated rings.